The average molecular weight is 319 g/mol. The number of anilines is 2. The largest absolute Gasteiger partial charge is 0.335 e. The molecule has 3 amide bonds. The van der Waals surface area contributed by atoms with E-state index < -0.39 is 5.82 Å². The Labute approximate surface area is 135 Å². The number of carbonyl (C=O) groups is 2. The van der Waals surface area contributed by atoms with Crippen LogP contribution in [0, 0.1) is 11.7 Å². The van der Waals surface area contributed by atoms with Crippen molar-refractivity contribution in [2.45, 2.75) is 51.5 Å². The van der Waals surface area contributed by atoms with Crippen LogP contribution in [-0.2, 0) is 11.2 Å². The minimum atomic E-state index is -0.543. The third-order valence-electron chi connectivity index (χ3n) is 4.69. The van der Waals surface area contributed by atoms with Gasteiger partial charge in [0, 0.05) is 18.2 Å². The highest BCUT2D eigenvalue weighted by molar-refractivity contribution is 5.95. The van der Waals surface area contributed by atoms with Crippen LogP contribution >= 0.6 is 0 Å². The number of hydrogen-bond acceptors (Lipinski definition) is 2. The summed E-state index contributed by atoms with van der Waals surface area (Å²) in [6.45, 7) is 2.22. The molecule has 0 atom stereocenters. The number of aryl methyl sites for hydroxylation is 1. The van der Waals surface area contributed by atoms with E-state index in [1.54, 1.807) is 6.07 Å². The van der Waals surface area contributed by atoms with Gasteiger partial charge in [-0.15, -0.1) is 0 Å². The number of amides is 3. The van der Waals surface area contributed by atoms with E-state index in [4.69, 9.17) is 0 Å². The van der Waals surface area contributed by atoms with Crippen molar-refractivity contribution >= 4 is 23.3 Å². The predicted molar refractivity (Wildman–Crippen MR) is 86.9 cm³/mol. The first-order valence-electron chi connectivity index (χ1n) is 8.21. The first-order chi connectivity index (χ1) is 11.0. The van der Waals surface area contributed by atoms with Gasteiger partial charge in [-0.3, -0.25) is 4.79 Å². The lowest BCUT2D eigenvalue weighted by molar-refractivity contribution is -0.116. The van der Waals surface area contributed by atoms with Crippen LogP contribution in [0.5, 0.6) is 0 Å². The molecule has 2 aliphatic rings. The van der Waals surface area contributed by atoms with Crippen molar-refractivity contribution in [1.29, 1.82) is 0 Å². The van der Waals surface area contributed by atoms with Crippen molar-refractivity contribution in [2.24, 2.45) is 5.92 Å². The molecule has 3 rings (SSSR count). The number of fused-ring (bicyclic) bond motifs is 1. The summed E-state index contributed by atoms with van der Waals surface area (Å²) in [5, 5.41) is 8.15. The molecule has 0 spiro atoms. The van der Waals surface area contributed by atoms with E-state index in [9.17, 15) is 14.0 Å². The Bertz CT molecular complexity index is 625. The van der Waals surface area contributed by atoms with Gasteiger partial charge in [-0.05, 0) is 55.7 Å². The van der Waals surface area contributed by atoms with Gasteiger partial charge in [-0.2, -0.15) is 0 Å². The first-order valence-corrected chi connectivity index (χ1v) is 8.21. The van der Waals surface area contributed by atoms with Crippen LogP contribution in [0.25, 0.3) is 0 Å². The van der Waals surface area contributed by atoms with Crippen LogP contribution in [-0.4, -0.2) is 18.0 Å². The van der Waals surface area contributed by atoms with Crippen LogP contribution in [0.4, 0.5) is 20.6 Å². The normalized spacial score (nSPS) is 23.7. The quantitative estimate of drug-likeness (QED) is 0.782. The second kappa shape index (κ2) is 6.56. The number of benzene rings is 1. The summed E-state index contributed by atoms with van der Waals surface area (Å²) >= 11 is 0. The van der Waals surface area contributed by atoms with E-state index in [1.807, 2.05) is 0 Å². The Kier molecular flexibility index (Phi) is 4.50. The van der Waals surface area contributed by atoms with Gasteiger partial charge in [-0.25, -0.2) is 9.18 Å². The molecule has 1 aliphatic carbocycles. The standard InChI is InChI=1S/C17H22FN3O2/c1-10-2-5-12(6-3-10)19-17(23)21-15-8-11-4-7-16(22)20-14(11)9-13(15)18/h8-10,12H,2-7H2,1H3,(H,20,22)(H2,19,21,23). The molecule has 0 bridgehead atoms. The van der Waals surface area contributed by atoms with Crippen LogP contribution in [0.2, 0.25) is 0 Å². The average Bonchev–Trinajstić information content (AvgIpc) is 2.50. The van der Waals surface area contributed by atoms with E-state index in [0.717, 1.165) is 31.2 Å². The molecule has 1 saturated carbocycles. The SMILES string of the molecule is CC1CCC(NC(=O)Nc2cc3c(cc2F)NC(=O)CC3)CC1. The van der Waals surface area contributed by atoms with Crippen molar-refractivity contribution in [3.05, 3.63) is 23.5 Å². The minimum absolute atomic E-state index is 0.109. The molecule has 6 heteroatoms. The van der Waals surface area contributed by atoms with Gasteiger partial charge in [0.05, 0.1) is 5.69 Å². The molecule has 23 heavy (non-hydrogen) atoms. The Morgan fingerprint density at radius 1 is 1.22 bits per heavy atom. The molecule has 1 aromatic carbocycles. The highest BCUT2D eigenvalue weighted by atomic mass is 19.1. The third-order valence-corrected chi connectivity index (χ3v) is 4.69. The molecule has 124 valence electrons. The maximum atomic E-state index is 14.1. The van der Waals surface area contributed by atoms with Gasteiger partial charge in [0.15, 0.2) is 0 Å². The third kappa shape index (κ3) is 3.81. The number of urea groups is 1. The lowest BCUT2D eigenvalue weighted by Gasteiger charge is -2.27. The summed E-state index contributed by atoms with van der Waals surface area (Å²) in [4.78, 5) is 23.4. The highest BCUT2D eigenvalue weighted by Crippen LogP contribution is 2.28. The van der Waals surface area contributed by atoms with Gasteiger partial charge < -0.3 is 16.0 Å². The van der Waals surface area contributed by atoms with Crippen molar-refractivity contribution < 1.29 is 14.0 Å². The Balaban J connectivity index is 1.63. The number of rotatable bonds is 2. The van der Waals surface area contributed by atoms with E-state index >= 15 is 0 Å². The van der Waals surface area contributed by atoms with Crippen LogP contribution < -0.4 is 16.0 Å². The minimum Gasteiger partial charge on any atom is -0.335 e. The first kappa shape index (κ1) is 15.8. The Morgan fingerprint density at radius 2 is 1.96 bits per heavy atom. The molecule has 0 saturated heterocycles. The molecular formula is C17H22FN3O2. The lowest BCUT2D eigenvalue weighted by Crippen LogP contribution is -2.40. The summed E-state index contributed by atoms with van der Waals surface area (Å²) in [5.41, 5.74) is 1.49. The molecule has 1 aliphatic heterocycles. The smallest absolute Gasteiger partial charge is 0.319 e. The zero-order chi connectivity index (χ0) is 16.4. The predicted octanol–water partition coefficient (Wildman–Crippen LogP) is 3.41. The Morgan fingerprint density at radius 3 is 2.70 bits per heavy atom. The number of carbonyl (C=O) groups excluding carboxylic acids is 2. The molecule has 3 N–H and O–H groups in total. The maximum Gasteiger partial charge on any atom is 0.319 e. The summed E-state index contributed by atoms with van der Waals surface area (Å²) in [5.74, 6) is 0.0599. The lowest BCUT2D eigenvalue weighted by atomic mass is 9.87. The van der Waals surface area contributed by atoms with E-state index in [0.29, 0.717) is 24.4 Å². The van der Waals surface area contributed by atoms with Gasteiger partial charge in [0.2, 0.25) is 5.91 Å². The molecule has 0 aromatic heterocycles. The van der Waals surface area contributed by atoms with Crippen molar-refractivity contribution in [2.75, 3.05) is 10.6 Å². The summed E-state index contributed by atoms with van der Waals surface area (Å²) < 4.78 is 14.1. The zero-order valence-electron chi connectivity index (χ0n) is 13.2. The zero-order valence-corrected chi connectivity index (χ0v) is 13.2. The van der Waals surface area contributed by atoms with Gasteiger partial charge in [0.1, 0.15) is 5.82 Å². The molecule has 5 nitrogen and oxygen atoms in total. The molecular weight excluding hydrogens is 297 g/mol. The summed E-state index contributed by atoms with van der Waals surface area (Å²) in [7, 11) is 0. The second-order valence-corrected chi connectivity index (χ2v) is 6.59. The second-order valence-electron chi connectivity index (χ2n) is 6.59. The van der Waals surface area contributed by atoms with E-state index in [-0.39, 0.29) is 23.7 Å². The monoisotopic (exact) mass is 319 g/mol. The fraction of sp³-hybridized carbons (Fsp3) is 0.529. The van der Waals surface area contributed by atoms with E-state index in [1.165, 1.54) is 6.07 Å². The Hall–Kier alpha value is -2.11. The van der Waals surface area contributed by atoms with Crippen LogP contribution in [0.15, 0.2) is 12.1 Å². The molecule has 0 radical (unpaired) electrons. The van der Waals surface area contributed by atoms with Crippen LogP contribution in [0.3, 0.4) is 0 Å². The fourth-order valence-corrected chi connectivity index (χ4v) is 3.25. The van der Waals surface area contributed by atoms with Crippen molar-refractivity contribution in [3.8, 4) is 0 Å². The van der Waals surface area contributed by atoms with Gasteiger partial charge >= 0.3 is 6.03 Å². The highest BCUT2D eigenvalue weighted by Gasteiger charge is 2.21. The number of nitrogens with one attached hydrogen (secondary N) is 3. The number of hydrogen-bond donors (Lipinski definition) is 3. The summed E-state index contributed by atoms with van der Waals surface area (Å²) in [6, 6.07) is 2.66. The topological polar surface area (TPSA) is 70.2 Å². The molecule has 1 aromatic rings. The van der Waals surface area contributed by atoms with E-state index in [2.05, 4.69) is 22.9 Å². The van der Waals surface area contributed by atoms with Crippen LogP contribution in [0.1, 0.15) is 44.6 Å². The molecule has 1 fully saturated rings. The molecule has 0 unspecified atom stereocenters. The van der Waals surface area contributed by atoms with Gasteiger partial charge in [-0.1, -0.05) is 6.92 Å². The maximum absolute atomic E-state index is 14.1. The van der Waals surface area contributed by atoms with Crippen molar-refractivity contribution in [1.82, 2.24) is 5.32 Å². The summed E-state index contributed by atoms with van der Waals surface area (Å²) in [6.07, 6.45) is 5.08. The van der Waals surface area contributed by atoms with Gasteiger partial charge in [0.25, 0.3) is 0 Å². The number of halogens is 1. The molecule has 1 heterocycles. The fourth-order valence-electron chi connectivity index (χ4n) is 3.25. The van der Waals surface area contributed by atoms with Crippen molar-refractivity contribution in [3.63, 3.8) is 0 Å².